The zero-order valence-electron chi connectivity index (χ0n) is 8.43. The smallest absolute Gasteiger partial charge is 0.151 e. The first-order valence-electron chi connectivity index (χ1n) is 4.85. The predicted octanol–water partition coefficient (Wildman–Crippen LogP) is 2.56. The molecule has 1 unspecified atom stereocenters. The fourth-order valence-electron chi connectivity index (χ4n) is 1.29. The molecule has 0 saturated carbocycles. The van der Waals surface area contributed by atoms with Gasteiger partial charge in [-0.1, -0.05) is 26.7 Å². The fourth-order valence-corrected chi connectivity index (χ4v) is 1.29. The topological polar surface area (TPSA) is 26.3 Å². The molecule has 0 heterocycles. The quantitative estimate of drug-likeness (QED) is 0.552. The number of ether oxygens (including phenoxy) is 1. The predicted molar refractivity (Wildman–Crippen MR) is 50.2 cm³/mol. The summed E-state index contributed by atoms with van der Waals surface area (Å²) < 4.78 is 5.46. The number of unbranched alkanes of at least 4 members (excludes halogenated alkanes) is 1. The lowest BCUT2D eigenvalue weighted by Crippen LogP contribution is -2.33. The van der Waals surface area contributed by atoms with Crippen molar-refractivity contribution in [3.8, 4) is 0 Å². The molecule has 0 fully saturated rings. The second-order valence-electron chi connectivity index (χ2n) is 3.07. The van der Waals surface area contributed by atoms with Gasteiger partial charge in [-0.05, 0) is 19.8 Å². The van der Waals surface area contributed by atoms with Crippen molar-refractivity contribution in [3.63, 3.8) is 0 Å². The lowest BCUT2D eigenvalue weighted by atomic mass is 9.95. The van der Waals surface area contributed by atoms with Crippen molar-refractivity contribution in [3.05, 3.63) is 0 Å². The second-order valence-corrected chi connectivity index (χ2v) is 3.07. The van der Waals surface area contributed by atoms with Crippen molar-refractivity contribution in [2.24, 2.45) is 0 Å². The Kier molecular flexibility index (Phi) is 5.99. The maximum Gasteiger partial charge on any atom is 0.151 e. The lowest BCUT2D eigenvalue weighted by molar-refractivity contribution is -0.132. The first-order chi connectivity index (χ1) is 5.74. The van der Waals surface area contributed by atoms with Gasteiger partial charge in [0.1, 0.15) is 5.60 Å². The highest BCUT2D eigenvalue weighted by atomic mass is 16.5. The van der Waals surface area contributed by atoms with Crippen LogP contribution in [0.1, 0.15) is 46.5 Å². The minimum absolute atomic E-state index is 0.495. The zero-order valence-corrected chi connectivity index (χ0v) is 8.43. The van der Waals surface area contributed by atoms with Crippen molar-refractivity contribution in [2.75, 3.05) is 6.61 Å². The van der Waals surface area contributed by atoms with Gasteiger partial charge in [0.2, 0.25) is 0 Å². The molecule has 2 nitrogen and oxygen atoms in total. The Morgan fingerprint density at radius 3 is 2.33 bits per heavy atom. The largest absolute Gasteiger partial charge is 0.368 e. The van der Waals surface area contributed by atoms with Gasteiger partial charge in [0.05, 0.1) is 0 Å². The van der Waals surface area contributed by atoms with Crippen LogP contribution in [0.3, 0.4) is 0 Å². The summed E-state index contributed by atoms with van der Waals surface area (Å²) in [4.78, 5) is 10.8. The molecule has 0 aromatic rings. The summed E-state index contributed by atoms with van der Waals surface area (Å²) in [6.45, 7) is 6.67. The normalized spacial score (nSPS) is 15.6. The van der Waals surface area contributed by atoms with Crippen LogP contribution < -0.4 is 0 Å². The van der Waals surface area contributed by atoms with Crippen molar-refractivity contribution in [1.29, 1.82) is 0 Å². The van der Waals surface area contributed by atoms with Crippen LogP contribution >= 0.6 is 0 Å². The highest BCUT2D eigenvalue weighted by Gasteiger charge is 2.26. The summed E-state index contributed by atoms with van der Waals surface area (Å²) in [5.41, 5.74) is -0.495. The summed E-state index contributed by atoms with van der Waals surface area (Å²) in [5, 5.41) is 0. The Balaban J connectivity index is 4.04. The van der Waals surface area contributed by atoms with Gasteiger partial charge in [-0.25, -0.2) is 0 Å². The van der Waals surface area contributed by atoms with E-state index in [1.807, 2.05) is 13.8 Å². The van der Waals surface area contributed by atoms with E-state index in [-0.39, 0.29) is 0 Å². The Labute approximate surface area is 75.3 Å². The molecular weight excluding hydrogens is 152 g/mol. The molecule has 0 radical (unpaired) electrons. The maximum absolute atomic E-state index is 10.8. The summed E-state index contributed by atoms with van der Waals surface area (Å²) in [6.07, 6.45) is 4.78. The van der Waals surface area contributed by atoms with Crippen LogP contribution in [0.2, 0.25) is 0 Å². The van der Waals surface area contributed by atoms with Crippen LogP contribution in [-0.4, -0.2) is 18.5 Å². The van der Waals surface area contributed by atoms with Crippen molar-refractivity contribution in [2.45, 2.75) is 52.1 Å². The van der Waals surface area contributed by atoms with E-state index in [4.69, 9.17) is 4.74 Å². The molecule has 0 aliphatic carbocycles. The molecule has 0 aromatic carbocycles. The van der Waals surface area contributed by atoms with Gasteiger partial charge in [-0.3, -0.25) is 0 Å². The molecule has 0 aromatic heterocycles. The van der Waals surface area contributed by atoms with Gasteiger partial charge >= 0.3 is 0 Å². The lowest BCUT2D eigenvalue weighted by Gasteiger charge is -2.26. The van der Waals surface area contributed by atoms with Crippen LogP contribution in [0.5, 0.6) is 0 Å². The average Bonchev–Trinajstić information content (AvgIpc) is 2.13. The van der Waals surface area contributed by atoms with E-state index in [0.29, 0.717) is 6.61 Å². The molecular formula is C10H20O2. The van der Waals surface area contributed by atoms with Crippen LogP contribution in [-0.2, 0) is 9.53 Å². The Morgan fingerprint density at radius 1 is 1.33 bits per heavy atom. The van der Waals surface area contributed by atoms with Gasteiger partial charge in [-0.2, -0.15) is 0 Å². The van der Waals surface area contributed by atoms with Crippen LogP contribution in [0.15, 0.2) is 0 Å². The van der Waals surface area contributed by atoms with Gasteiger partial charge in [0, 0.05) is 6.61 Å². The molecule has 12 heavy (non-hydrogen) atoms. The SMILES string of the molecule is CCCCC(C=O)(CC)OCC. The summed E-state index contributed by atoms with van der Waals surface area (Å²) in [5.74, 6) is 0. The standard InChI is InChI=1S/C10H20O2/c1-4-7-8-10(5-2,9-11)12-6-3/h9H,4-8H2,1-3H3. The first-order valence-corrected chi connectivity index (χ1v) is 4.85. The van der Waals surface area contributed by atoms with E-state index < -0.39 is 5.60 Å². The number of hydrogen-bond donors (Lipinski definition) is 0. The molecule has 0 bridgehead atoms. The van der Waals surface area contributed by atoms with Gasteiger partial charge in [0.25, 0.3) is 0 Å². The van der Waals surface area contributed by atoms with E-state index >= 15 is 0 Å². The van der Waals surface area contributed by atoms with Crippen molar-refractivity contribution < 1.29 is 9.53 Å². The third-order valence-corrected chi connectivity index (χ3v) is 2.20. The molecule has 0 rings (SSSR count). The molecule has 0 aliphatic heterocycles. The van der Waals surface area contributed by atoms with E-state index in [0.717, 1.165) is 32.0 Å². The Bertz CT molecular complexity index is 123. The number of rotatable bonds is 7. The minimum Gasteiger partial charge on any atom is -0.368 e. The summed E-state index contributed by atoms with van der Waals surface area (Å²) >= 11 is 0. The number of carbonyl (C=O) groups excluding carboxylic acids is 1. The summed E-state index contributed by atoms with van der Waals surface area (Å²) in [7, 11) is 0. The molecule has 0 spiro atoms. The van der Waals surface area contributed by atoms with Crippen LogP contribution in [0.4, 0.5) is 0 Å². The number of aldehydes is 1. The van der Waals surface area contributed by atoms with E-state index in [9.17, 15) is 4.79 Å². The van der Waals surface area contributed by atoms with E-state index in [2.05, 4.69) is 6.92 Å². The summed E-state index contributed by atoms with van der Waals surface area (Å²) in [6, 6.07) is 0. The van der Waals surface area contributed by atoms with E-state index in [1.54, 1.807) is 0 Å². The van der Waals surface area contributed by atoms with E-state index in [1.165, 1.54) is 0 Å². The second kappa shape index (κ2) is 6.18. The molecule has 0 aliphatic rings. The molecule has 0 amide bonds. The third kappa shape index (κ3) is 3.35. The number of carbonyl (C=O) groups is 1. The van der Waals surface area contributed by atoms with Gasteiger partial charge < -0.3 is 9.53 Å². The average molecular weight is 172 g/mol. The highest BCUT2D eigenvalue weighted by Crippen LogP contribution is 2.20. The fraction of sp³-hybridized carbons (Fsp3) is 0.900. The number of hydrogen-bond acceptors (Lipinski definition) is 2. The highest BCUT2D eigenvalue weighted by molar-refractivity contribution is 5.62. The van der Waals surface area contributed by atoms with Gasteiger partial charge in [-0.15, -0.1) is 0 Å². The molecule has 0 saturated heterocycles. The molecule has 72 valence electrons. The third-order valence-electron chi connectivity index (χ3n) is 2.20. The monoisotopic (exact) mass is 172 g/mol. The molecule has 2 heteroatoms. The Hall–Kier alpha value is -0.370. The molecule has 0 N–H and O–H groups in total. The van der Waals surface area contributed by atoms with Crippen LogP contribution in [0, 0.1) is 0 Å². The van der Waals surface area contributed by atoms with Crippen molar-refractivity contribution in [1.82, 2.24) is 0 Å². The van der Waals surface area contributed by atoms with Crippen LogP contribution in [0.25, 0.3) is 0 Å². The van der Waals surface area contributed by atoms with Gasteiger partial charge in [0.15, 0.2) is 6.29 Å². The zero-order chi connectivity index (χ0) is 9.45. The minimum atomic E-state index is -0.495. The maximum atomic E-state index is 10.8. The van der Waals surface area contributed by atoms with Crippen molar-refractivity contribution >= 4 is 6.29 Å². The Morgan fingerprint density at radius 2 is 2.00 bits per heavy atom. The first kappa shape index (κ1) is 11.6. The molecule has 1 atom stereocenters.